The minimum atomic E-state index is -0.0146. The van der Waals surface area contributed by atoms with Crippen LogP contribution in [0.1, 0.15) is 50.2 Å². The summed E-state index contributed by atoms with van der Waals surface area (Å²) in [5.41, 5.74) is 1.12. The second-order valence-corrected chi connectivity index (χ2v) is 9.25. The summed E-state index contributed by atoms with van der Waals surface area (Å²) in [5.74, 6) is 1.32. The molecule has 1 unspecified atom stereocenters. The fraction of sp³-hybridized carbons (Fsp3) is 0.773. The summed E-state index contributed by atoms with van der Waals surface area (Å²) >= 11 is 1.76. The fourth-order valence-electron chi connectivity index (χ4n) is 4.20. The SMILES string of the molecule is CCNC(=NCCCCc1nc(C)cs1)N1CCN(C(C)C(=O)N2CCCC2)CC1.I. The molecule has 2 aliphatic heterocycles. The number of thiazole rings is 1. The molecule has 176 valence electrons. The lowest BCUT2D eigenvalue weighted by Gasteiger charge is -2.39. The number of aromatic nitrogens is 1. The number of hydrogen-bond donors (Lipinski definition) is 1. The van der Waals surface area contributed by atoms with E-state index in [1.54, 1.807) is 11.3 Å². The van der Waals surface area contributed by atoms with Gasteiger partial charge in [-0.25, -0.2) is 4.98 Å². The van der Waals surface area contributed by atoms with Crippen molar-refractivity contribution >= 4 is 47.2 Å². The van der Waals surface area contributed by atoms with Crippen LogP contribution < -0.4 is 5.32 Å². The van der Waals surface area contributed by atoms with Crippen LogP contribution >= 0.6 is 35.3 Å². The molecule has 1 amide bonds. The summed E-state index contributed by atoms with van der Waals surface area (Å²) in [6.45, 7) is 13.5. The smallest absolute Gasteiger partial charge is 0.239 e. The normalized spacial score (nSPS) is 18.7. The van der Waals surface area contributed by atoms with Gasteiger partial charge in [0, 0.05) is 63.4 Å². The van der Waals surface area contributed by atoms with E-state index in [0.29, 0.717) is 5.91 Å². The molecule has 2 fully saturated rings. The molecule has 1 aromatic heterocycles. The number of nitrogens with one attached hydrogen (secondary N) is 1. The van der Waals surface area contributed by atoms with Gasteiger partial charge in [0.05, 0.1) is 11.0 Å². The Morgan fingerprint density at radius 1 is 1.16 bits per heavy atom. The summed E-state index contributed by atoms with van der Waals surface area (Å²) in [6, 6.07) is -0.0146. The van der Waals surface area contributed by atoms with Crippen molar-refractivity contribution in [3.8, 4) is 0 Å². The van der Waals surface area contributed by atoms with Gasteiger partial charge >= 0.3 is 0 Å². The topological polar surface area (TPSA) is 64.1 Å². The number of likely N-dealkylation sites (tertiary alicyclic amines) is 1. The number of carbonyl (C=O) groups is 1. The number of hydrogen-bond acceptors (Lipinski definition) is 5. The first-order valence-corrected chi connectivity index (χ1v) is 12.4. The first kappa shape index (κ1) is 26.3. The highest BCUT2D eigenvalue weighted by Crippen LogP contribution is 2.14. The van der Waals surface area contributed by atoms with Crippen molar-refractivity contribution in [1.29, 1.82) is 0 Å². The van der Waals surface area contributed by atoms with Crippen LogP contribution in [0.2, 0.25) is 0 Å². The molecule has 0 saturated carbocycles. The van der Waals surface area contributed by atoms with Gasteiger partial charge in [-0.1, -0.05) is 0 Å². The van der Waals surface area contributed by atoms with Crippen LogP contribution in [0.4, 0.5) is 0 Å². The van der Waals surface area contributed by atoms with E-state index in [1.165, 1.54) is 5.01 Å². The molecular weight excluding hydrogens is 523 g/mol. The molecule has 0 spiro atoms. The number of unbranched alkanes of at least 4 members (excludes halogenated alkanes) is 1. The fourth-order valence-corrected chi connectivity index (χ4v) is 5.01. The Kier molecular flexibility index (Phi) is 11.5. The highest BCUT2D eigenvalue weighted by Gasteiger charge is 2.30. The van der Waals surface area contributed by atoms with Gasteiger partial charge in [-0.15, -0.1) is 35.3 Å². The Hall–Kier alpha value is -0.940. The van der Waals surface area contributed by atoms with Crippen molar-refractivity contribution in [2.24, 2.45) is 4.99 Å². The van der Waals surface area contributed by atoms with Crippen LogP contribution in [0.25, 0.3) is 0 Å². The van der Waals surface area contributed by atoms with Crippen molar-refractivity contribution in [3.63, 3.8) is 0 Å². The van der Waals surface area contributed by atoms with Crippen LogP contribution in [-0.4, -0.2) is 90.0 Å². The van der Waals surface area contributed by atoms with Crippen LogP contribution in [0.5, 0.6) is 0 Å². The first-order valence-electron chi connectivity index (χ1n) is 11.6. The van der Waals surface area contributed by atoms with E-state index in [1.807, 2.05) is 4.90 Å². The van der Waals surface area contributed by atoms with Gasteiger partial charge in [-0.2, -0.15) is 0 Å². The van der Waals surface area contributed by atoms with Crippen molar-refractivity contribution in [2.45, 2.75) is 58.9 Å². The molecule has 7 nitrogen and oxygen atoms in total. The number of piperazine rings is 1. The summed E-state index contributed by atoms with van der Waals surface area (Å²) in [4.78, 5) is 28.8. The molecule has 0 bridgehead atoms. The maximum Gasteiger partial charge on any atom is 0.239 e. The predicted octanol–water partition coefficient (Wildman–Crippen LogP) is 2.99. The van der Waals surface area contributed by atoms with Gasteiger partial charge in [0.1, 0.15) is 0 Å². The van der Waals surface area contributed by atoms with E-state index in [0.717, 1.165) is 96.1 Å². The van der Waals surface area contributed by atoms with Crippen molar-refractivity contribution < 1.29 is 4.79 Å². The van der Waals surface area contributed by atoms with Crippen LogP contribution in [0.3, 0.4) is 0 Å². The molecule has 2 saturated heterocycles. The predicted molar refractivity (Wildman–Crippen MR) is 140 cm³/mol. The minimum absolute atomic E-state index is 0. The molecule has 0 aromatic carbocycles. The Balaban J connectivity index is 0.00000341. The van der Waals surface area contributed by atoms with Gasteiger partial charge in [0.15, 0.2) is 5.96 Å². The zero-order chi connectivity index (χ0) is 21.3. The van der Waals surface area contributed by atoms with Crippen LogP contribution in [-0.2, 0) is 11.2 Å². The molecule has 3 rings (SSSR count). The number of amides is 1. The number of aliphatic imine (C=N–C) groups is 1. The van der Waals surface area contributed by atoms with Crippen LogP contribution in [0, 0.1) is 6.92 Å². The molecule has 1 aromatic rings. The van der Waals surface area contributed by atoms with E-state index < -0.39 is 0 Å². The zero-order valence-electron chi connectivity index (χ0n) is 19.3. The number of nitrogens with zero attached hydrogens (tertiary/aromatic N) is 5. The highest BCUT2D eigenvalue weighted by atomic mass is 127. The Labute approximate surface area is 208 Å². The third kappa shape index (κ3) is 7.85. The largest absolute Gasteiger partial charge is 0.357 e. The number of rotatable bonds is 8. The van der Waals surface area contributed by atoms with Crippen LogP contribution in [0.15, 0.2) is 10.4 Å². The Morgan fingerprint density at radius 3 is 2.48 bits per heavy atom. The number of carbonyl (C=O) groups excluding carboxylic acids is 1. The monoisotopic (exact) mass is 562 g/mol. The molecule has 2 aliphatic rings. The molecule has 1 atom stereocenters. The summed E-state index contributed by atoms with van der Waals surface area (Å²) < 4.78 is 0. The van der Waals surface area contributed by atoms with Gasteiger partial charge in [-0.3, -0.25) is 14.7 Å². The molecule has 3 heterocycles. The number of aryl methyl sites for hydroxylation is 2. The Morgan fingerprint density at radius 2 is 1.87 bits per heavy atom. The standard InChI is InChI=1S/C22H38N6OS.HI/c1-4-23-22(24-10-6-5-9-20-25-18(2)17-30-20)28-15-13-26(14-16-28)19(3)21(29)27-11-7-8-12-27;/h17,19H,4-16H2,1-3H3,(H,23,24);1H. The average Bonchev–Trinajstić information content (AvgIpc) is 3.44. The third-order valence-electron chi connectivity index (χ3n) is 6.00. The van der Waals surface area contributed by atoms with Gasteiger partial charge < -0.3 is 15.1 Å². The van der Waals surface area contributed by atoms with Gasteiger partial charge in [-0.05, 0) is 52.9 Å². The number of halogens is 1. The Bertz CT molecular complexity index is 698. The third-order valence-corrected chi connectivity index (χ3v) is 7.02. The van der Waals surface area contributed by atoms with E-state index >= 15 is 0 Å². The van der Waals surface area contributed by atoms with Crippen molar-refractivity contribution in [3.05, 3.63) is 16.1 Å². The summed E-state index contributed by atoms with van der Waals surface area (Å²) in [7, 11) is 0. The molecule has 0 aliphatic carbocycles. The first-order chi connectivity index (χ1) is 14.6. The lowest BCUT2D eigenvalue weighted by Crippen LogP contribution is -2.57. The highest BCUT2D eigenvalue weighted by molar-refractivity contribution is 14.0. The molecule has 0 radical (unpaired) electrons. The zero-order valence-corrected chi connectivity index (χ0v) is 22.5. The van der Waals surface area contributed by atoms with Gasteiger partial charge in [0.25, 0.3) is 0 Å². The minimum Gasteiger partial charge on any atom is -0.357 e. The van der Waals surface area contributed by atoms with E-state index in [-0.39, 0.29) is 30.0 Å². The van der Waals surface area contributed by atoms with Crippen molar-refractivity contribution in [2.75, 3.05) is 52.4 Å². The van der Waals surface area contributed by atoms with E-state index in [9.17, 15) is 4.79 Å². The second kappa shape index (κ2) is 13.6. The summed E-state index contributed by atoms with van der Waals surface area (Å²) in [5, 5.41) is 6.80. The molecule has 9 heteroatoms. The maximum atomic E-state index is 12.7. The second-order valence-electron chi connectivity index (χ2n) is 8.31. The lowest BCUT2D eigenvalue weighted by atomic mass is 10.2. The molecule has 31 heavy (non-hydrogen) atoms. The lowest BCUT2D eigenvalue weighted by molar-refractivity contribution is -0.135. The van der Waals surface area contributed by atoms with E-state index in [2.05, 4.69) is 46.3 Å². The van der Waals surface area contributed by atoms with E-state index in [4.69, 9.17) is 4.99 Å². The maximum absolute atomic E-state index is 12.7. The number of guanidine groups is 1. The molecular formula is C22H39IN6OS. The average molecular weight is 563 g/mol. The van der Waals surface area contributed by atoms with Gasteiger partial charge in [0.2, 0.25) is 5.91 Å². The molecule has 1 N–H and O–H groups in total. The van der Waals surface area contributed by atoms with Crippen molar-refractivity contribution in [1.82, 2.24) is 25.0 Å². The quantitative estimate of drug-likeness (QED) is 0.229. The summed E-state index contributed by atoms with van der Waals surface area (Å²) in [6.07, 6.45) is 5.55.